The summed E-state index contributed by atoms with van der Waals surface area (Å²) in [7, 11) is 5.90. The molecule has 0 rings (SSSR count). The van der Waals surface area contributed by atoms with Crippen LogP contribution in [0.1, 0.15) is 219 Å². The highest BCUT2D eigenvalue weighted by atomic mass is 16.7. The number of ether oxygens (including phenoxy) is 4. The number of aliphatic carboxylic acids is 1. The maximum Gasteiger partial charge on any atom is 0.306 e. The number of esters is 2. The highest BCUT2D eigenvalue weighted by Crippen LogP contribution is 2.14. The number of unbranched alkanes of at least 4 members (excludes halogenated alkanes) is 15. The average molecular weight is 1120 g/mol. The highest BCUT2D eigenvalue weighted by Gasteiger charge is 2.22. The Morgan fingerprint density at radius 3 is 0.988 bits per heavy atom. The number of allylic oxidation sites excluding steroid dienone is 26. The topological polar surface area (TPSA) is 111 Å². The van der Waals surface area contributed by atoms with Crippen LogP contribution in [0, 0.1) is 0 Å². The SMILES string of the molecule is CC/C=C\C/C=C\C/C=C\C/C=C\C/C=C\C/C=C\C/C=C\C/C=C\C/C=C\C/C=C\CCCCCCCCCCCCC(=O)OC(COC(=O)CCCCCCC/C=C\C/C=C\C/C=C\CC)COC(OCC[N+](C)(C)C)C(=O)[O-]. The molecule has 9 nitrogen and oxygen atoms in total. The van der Waals surface area contributed by atoms with Gasteiger partial charge in [-0.15, -0.1) is 0 Å². The molecule has 0 amide bonds. The number of hydrogen-bond acceptors (Lipinski definition) is 8. The predicted molar refractivity (Wildman–Crippen MR) is 342 cm³/mol. The Morgan fingerprint density at radius 1 is 0.370 bits per heavy atom. The molecule has 0 saturated heterocycles. The summed E-state index contributed by atoms with van der Waals surface area (Å²) in [6, 6.07) is 0. The van der Waals surface area contributed by atoms with Gasteiger partial charge in [0, 0.05) is 12.8 Å². The molecule has 0 aliphatic heterocycles. The lowest BCUT2D eigenvalue weighted by molar-refractivity contribution is -0.870. The summed E-state index contributed by atoms with van der Waals surface area (Å²) < 4.78 is 22.7. The molecular weight excluding hydrogens is 1010 g/mol. The third kappa shape index (κ3) is 62.4. The monoisotopic (exact) mass is 1120 g/mol. The van der Waals surface area contributed by atoms with Gasteiger partial charge >= 0.3 is 11.9 Å². The van der Waals surface area contributed by atoms with Gasteiger partial charge in [0.15, 0.2) is 12.4 Å². The summed E-state index contributed by atoms with van der Waals surface area (Å²) in [5.41, 5.74) is 0. The van der Waals surface area contributed by atoms with E-state index < -0.39 is 24.3 Å². The van der Waals surface area contributed by atoms with Crippen LogP contribution in [-0.4, -0.2) is 82.3 Å². The Bertz CT molecular complexity index is 1880. The minimum atomic E-state index is -1.64. The first-order valence-corrected chi connectivity index (χ1v) is 31.6. The second-order valence-corrected chi connectivity index (χ2v) is 21.6. The van der Waals surface area contributed by atoms with Crippen molar-refractivity contribution in [3.05, 3.63) is 158 Å². The van der Waals surface area contributed by atoms with Gasteiger partial charge in [-0.05, 0) is 122 Å². The molecule has 0 aromatic rings. The van der Waals surface area contributed by atoms with E-state index in [2.05, 4.69) is 172 Å². The molecular formula is C72H115NO8. The molecule has 0 aliphatic carbocycles. The summed E-state index contributed by atoms with van der Waals surface area (Å²) in [6.45, 7) is 4.47. The Hall–Kier alpha value is -5.09. The lowest BCUT2D eigenvalue weighted by Crippen LogP contribution is -2.44. The molecule has 0 aliphatic rings. The van der Waals surface area contributed by atoms with Crippen LogP contribution in [0.15, 0.2) is 158 Å². The molecule has 0 heterocycles. The number of carboxylic acid groups (broad SMARTS) is 1. The second-order valence-electron chi connectivity index (χ2n) is 21.6. The van der Waals surface area contributed by atoms with Gasteiger partial charge in [0.2, 0.25) is 0 Å². The number of likely N-dealkylation sites (N-methyl/N-ethyl adjacent to an activating group) is 1. The van der Waals surface area contributed by atoms with E-state index in [1.165, 1.54) is 38.5 Å². The van der Waals surface area contributed by atoms with E-state index in [1.54, 1.807) is 0 Å². The van der Waals surface area contributed by atoms with Crippen molar-refractivity contribution < 1.29 is 42.9 Å². The van der Waals surface area contributed by atoms with E-state index in [9.17, 15) is 19.5 Å². The third-order valence-corrected chi connectivity index (χ3v) is 12.8. The molecule has 0 aromatic heterocycles. The van der Waals surface area contributed by atoms with Gasteiger partial charge in [0.1, 0.15) is 13.2 Å². The van der Waals surface area contributed by atoms with Crippen LogP contribution in [0.2, 0.25) is 0 Å². The van der Waals surface area contributed by atoms with Crippen molar-refractivity contribution >= 4 is 17.9 Å². The Kier molecular flexibility index (Phi) is 57.2. The number of carboxylic acids is 1. The van der Waals surface area contributed by atoms with Crippen molar-refractivity contribution in [2.24, 2.45) is 0 Å². The van der Waals surface area contributed by atoms with Crippen LogP contribution >= 0.6 is 0 Å². The largest absolute Gasteiger partial charge is 0.545 e. The molecule has 2 atom stereocenters. The smallest absolute Gasteiger partial charge is 0.306 e. The van der Waals surface area contributed by atoms with Crippen molar-refractivity contribution in [1.29, 1.82) is 0 Å². The molecule has 0 bridgehead atoms. The molecule has 0 spiro atoms. The molecule has 456 valence electrons. The van der Waals surface area contributed by atoms with Crippen LogP contribution in [0.3, 0.4) is 0 Å². The fraction of sp³-hybridized carbons (Fsp3) is 0.597. The van der Waals surface area contributed by atoms with Gasteiger partial charge in [0.05, 0.1) is 40.3 Å². The third-order valence-electron chi connectivity index (χ3n) is 12.8. The van der Waals surface area contributed by atoms with Crippen LogP contribution < -0.4 is 5.11 Å². The van der Waals surface area contributed by atoms with Crippen LogP contribution in [0.25, 0.3) is 0 Å². The first kappa shape index (κ1) is 75.9. The van der Waals surface area contributed by atoms with E-state index in [4.69, 9.17) is 18.9 Å². The van der Waals surface area contributed by atoms with Crippen molar-refractivity contribution in [3.8, 4) is 0 Å². The number of rotatable bonds is 56. The summed E-state index contributed by atoms with van der Waals surface area (Å²) in [5.74, 6) is -2.33. The van der Waals surface area contributed by atoms with Crippen LogP contribution in [0.4, 0.5) is 0 Å². The first-order valence-electron chi connectivity index (χ1n) is 31.6. The Morgan fingerprint density at radius 2 is 0.667 bits per heavy atom. The maximum atomic E-state index is 12.9. The molecule has 0 aromatic carbocycles. The number of quaternary nitrogens is 1. The van der Waals surface area contributed by atoms with Gasteiger partial charge < -0.3 is 33.3 Å². The van der Waals surface area contributed by atoms with Gasteiger partial charge in [-0.3, -0.25) is 9.59 Å². The normalized spacial score (nSPS) is 13.8. The highest BCUT2D eigenvalue weighted by molar-refractivity contribution is 5.70. The van der Waals surface area contributed by atoms with E-state index >= 15 is 0 Å². The predicted octanol–water partition coefficient (Wildman–Crippen LogP) is 18.0. The Balaban J connectivity index is 4.15. The molecule has 0 N–H and O–H groups in total. The standard InChI is InChI=1S/C72H115NO8/c1-6-8-10-12-14-16-18-20-22-23-24-25-26-27-28-29-30-31-32-33-34-35-36-37-38-39-40-41-42-43-44-45-46-47-49-51-53-55-57-59-61-63-70(75)81-68(67-80-72(71(76)77)78-65-64-73(3,4)5)66-79-69(74)62-60-58-56-54-52-50-48-21-19-17-15-13-11-9-7-2/h8-11,14-17,20-22,24-25,27-28,30-31,33-34,36-37,39-40,42-43,48,68,72H,6-7,12-13,18-19,23,26,29,32,35,38,41,44-47,49-67H2,1-5H3/b10-8-,11-9-,16-14-,17-15-,22-20-,25-24-,28-27-,31-30-,34-33-,37-36-,40-39-,43-42-,48-21-. The summed E-state index contributed by atoms with van der Waals surface area (Å²) in [6.07, 6.45) is 87.4. The van der Waals surface area contributed by atoms with E-state index in [1.807, 2.05) is 21.1 Å². The van der Waals surface area contributed by atoms with Crippen molar-refractivity contribution in [2.45, 2.75) is 232 Å². The molecule has 2 unspecified atom stereocenters. The molecule has 0 saturated carbocycles. The fourth-order valence-corrected chi connectivity index (χ4v) is 7.99. The summed E-state index contributed by atoms with van der Waals surface area (Å²) in [4.78, 5) is 37.3. The fourth-order valence-electron chi connectivity index (χ4n) is 7.99. The van der Waals surface area contributed by atoms with Gasteiger partial charge in [-0.25, -0.2) is 0 Å². The number of nitrogens with zero attached hydrogens (tertiary/aromatic N) is 1. The van der Waals surface area contributed by atoms with Gasteiger partial charge in [-0.1, -0.05) is 242 Å². The minimum Gasteiger partial charge on any atom is -0.545 e. The number of carbonyl (C=O) groups is 3. The zero-order valence-electron chi connectivity index (χ0n) is 51.8. The van der Waals surface area contributed by atoms with Gasteiger partial charge in [-0.2, -0.15) is 0 Å². The second kappa shape index (κ2) is 61.0. The number of hydrogen-bond donors (Lipinski definition) is 0. The zero-order valence-corrected chi connectivity index (χ0v) is 51.8. The average Bonchev–Trinajstić information content (AvgIpc) is 3.44. The van der Waals surface area contributed by atoms with E-state index in [0.29, 0.717) is 23.9 Å². The minimum absolute atomic E-state index is 0.136. The zero-order chi connectivity index (χ0) is 59.1. The molecule has 9 heteroatoms. The van der Waals surface area contributed by atoms with Crippen LogP contribution in [0.5, 0.6) is 0 Å². The lowest BCUT2D eigenvalue weighted by Gasteiger charge is -2.26. The first-order chi connectivity index (χ1) is 39.6. The van der Waals surface area contributed by atoms with Gasteiger partial charge in [0.25, 0.3) is 0 Å². The van der Waals surface area contributed by atoms with E-state index in [0.717, 1.165) is 141 Å². The van der Waals surface area contributed by atoms with Crippen molar-refractivity contribution in [2.75, 3.05) is 47.5 Å². The summed E-state index contributed by atoms with van der Waals surface area (Å²) >= 11 is 0. The van der Waals surface area contributed by atoms with Crippen molar-refractivity contribution in [1.82, 2.24) is 0 Å². The summed E-state index contributed by atoms with van der Waals surface area (Å²) in [5, 5.41) is 11.8. The Labute approximate surface area is 495 Å². The van der Waals surface area contributed by atoms with E-state index in [-0.39, 0.29) is 38.6 Å². The number of carbonyl (C=O) groups excluding carboxylic acids is 3. The molecule has 0 fully saturated rings. The maximum absolute atomic E-state index is 12.9. The van der Waals surface area contributed by atoms with Crippen molar-refractivity contribution in [3.63, 3.8) is 0 Å². The molecule has 81 heavy (non-hydrogen) atoms. The lowest BCUT2D eigenvalue weighted by atomic mass is 10.0. The van der Waals surface area contributed by atoms with Crippen LogP contribution in [-0.2, 0) is 33.3 Å². The quantitative estimate of drug-likeness (QED) is 0.0195. The molecule has 0 radical (unpaired) electrons.